The number of amides is 1. The number of anilines is 1. The van der Waals surface area contributed by atoms with Crippen LogP contribution in [0.4, 0.5) is 10.1 Å². The maximum Gasteiger partial charge on any atom is 0.295 e. The van der Waals surface area contributed by atoms with E-state index in [0.29, 0.717) is 6.42 Å². The second-order valence-electron chi connectivity index (χ2n) is 5.06. The number of benzene rings is 1. The Kier molecular flexibility index (Phi) is 6.79. The number of methoxy groups -OCH3 is 1. The molecule has 2 rings (SSSR count). The molecule has 0 saturated heterocycles. The first kappa shape index (κ1) is 20.0. The highest BCUT2D eigenvalue weighted by Gasteiger charge is 2.21. The lowest BCUT2D eigenvalue weighted by atomic mass is 10.1. The molecule has 0 aliphatic carbocycles. The number of carbonyl (C=O) groups excluding carboxylic acids is 1. The number of nitrogen functional groups attached to an aromatic ring is 1. The van der Waals surface area contributed by atoms with Gasteiger partial charge in [0.1, 0.15) is 0 Å². The van der Waals surface area contributed by atoms with E-state index in [1.165, 1.54) is 25.3 Å². The standard InChI is InChI=1S/C17H16Cl2FN3O3/c1-3-4-7-26-23-17(24)15-13(19)11(21)8-12(22-15)9-5-6-10(18)16(25-2)14(9)20/h3,5-6,8H,1,4,7H2,2H3,(H2,21,22)(H,23,24). The Hall–Kier alpha value is -2.35. The second-order valence-corrected chi connectivity index (χ2v) is 5.84. The zero-order valence-electron chi connectivity index (χ0n) is 13.8. The number of hydroxylamine groups is 1. The minimum Gasteiger partial charge on any atom is -0.492 e. The zero-order chi connectivity index (χ0) is 19.3. The van der Waals surface area contributed by atoms with Crippen LogP contribution >= 0.6 is 23.2 Å². The molecule has 0 bridgehead atoms. The van der Waals surface area contributed by atoms with Crippen LogP contribution in [-0.4, -0.2) is 24.6 Å². The average molecular weight is 400 g/mol. The first-order valence-electron chi connectivity index (χ1n) is 7.42. The Labute approximate surface area is 159 Å². The summed E-state index contributed by atoms with van der Waals surface area (Å²) in [6.45, 7) is 3.76. The van der Waals surface area contributed by atoms with E-state index < -0.39 is 11.7 Å². The molecule has 0 unspecified atom stereocenters. The van der Waals surface area contributed by atoms with Gasteiger partial charge in [-0.05, 0) is 24.6 Å². The summed E-state index contributed by atoms with van der Waals surface area (Å²) in [6, 6.07) is 4.20. The van der Waals surface area contributed by atoms with Gasteiger partial charge in [0.05, 0.1) is 35.1 Å². The first-order chi connectivity index (χ1) is 12.4. The minimum absolute atomic E-state index is 0.0521. The Balaban J connectivity index is 2.42. The van der Waals surface area contributed by atoms with E-state index in [1.807, 2.05) is 0 Å². The normalized spacial score (nSPS) is 10.5. The predicted molar refractivity (Wildman–Crippen MR) is 98.8 cm³/mol. The third-order valence-electron chi connectivity index (χ3n) is 3.32. The van der Waals surface area contributed by atoms with E-state index in [0.717, 1.165) is 0 Å². The number of nitrogens with zero attached hydrogens (tertiary/aromatic N) is 1. The molecular weight excluding hydrogens is 384 g/mol. The summed E-state index contributed by atoms with van der Waals surface area (Å²) in [7, 11) is 1.29. The molecule has 9 heteroatoms. The number of hydrogen-bond donors (Lipinski definition) is 2. The highest BCUT2D eigenvalue weighted by Crippen LogP contribution is 2.36. The summed E-state index contributed by atoms with van der Waals surface area (Å²) in [4.78, 5) is 21.3. The molecule has 1 heterocycles. The van der Waals surface area contributed by atoms with E-state index >= 15 is 0 Å². The lowest BCUT2D eigenvalue weighted by molar-refractivity contribution is 0.0326. The molecule has 138 valence electrons. The van der Waals surface area contributed by atoms with E-state index in [2.05, 4.69) is 17.0 Å². The number of nitrogens with one attached hydrogen (secondary N) is 1. The number of pyridine rings is 1. The smallest absolute Gasteiger partial charge is 0.295 e. The van der Waals surface area contributed by atoms with Crippen molar-refractivity contribution >= 4 is 34.8 Å². The van der Waals surface area contributed by atoms with Gasteiger partial charge in [-0.15, -0.1) is 6.58 Å². The molecule has 0 aliphatic heterocycles. The molecule has 26 heavy (non-hydrogen) atoms. The summed E-state index contributed by atoms with van der Waals surface area (Å²) < 4.78 is 19.6. The first-order valence-corrected chi connectivity index (χ1v) is 8.17. The van der Waals surface area contributed by atoms with Crippen molar-refractivity contribution in [3.8, 4) is 17.0 Å². The predicted octanol–water partition coefficient (Wildman–Crippen LogP) is 4.02. The van der Waals surface area contributed by atoms with Crippen LogP contribution in [0.5, 0.6) is 5.75 Å². The highest BCUT2D eigenvalue weighted by molar-refractivity contribution is 6.36. The van der Waals surface area contributed by atoms with Crippen LogP contribution in [0.2, 0.25) is 10.0 Å². The van der Waals surface area contributed by atoms with Crippen LogP contribution in [0.3, 0.4) is 0 Å². The monoisotopic (exact) mass is 399 g/mol. The fourth-order valence-corrected chi connectivity index (χ4v) is 2.47. The van der Waals surface area contributed by atoms with Gasteiger partial charge in [-0.25, -0.2) is 14.9 Å². The second kappa shape index (κ2) is 8.84. The largest absolute Gasteiger partial charge is 0.492 e. The number of ether oxygens (including phenoxy) is 1. The molecule has 0 spiro atoms. The summed E-state index contributed by atoms with van der Waals surface area (Å²) >= 11 is 11.9. The number of rotatable bonds is 7. The van der Waals surface area contributed by atoms with Crippen molar-refractivity contribution < 1.29 is 18.8 Å². The van der Waals surface area contributed by atoms with E-state index in [9.17, 15) is 9.18 Å². The lowest BCUT2D eigenvalue weighted by Gasteiger charge is -2.12. The van der Waals surface area contributed by atoms with Gasteiger partial charge in [0.25, 0.3) is 5.91 Å². The van der Waals surface area contributed by atoms with Crippen molar-refractivity contribution in [1.82, 2.24) is 10.5 Å². The Bertz CT molecular complexity index is 846. The van der Waals surface area contributed by atoms with E-state index in [-0.39, 0.29) is 45.0 Å². The molecule has 2 aromatic rings. The van der Waals surface area contributed by atoms with Crippen molar-refractivity contribution in [3.63, 3.8) is 0 Å². The average Bonchev–Trinajstić information content (AvgIpc) is 2.61. The fraction of sp³-hybridized carbons (Fsp3) is 0.176. The van der Waals surface area contributed by atoms with Gasteiger partial charge in [0.15, 0.2) is 17.3 Å². The van der Waals surface area contributed by atoms with Gasteiger partial charge >= 0.3 is 0 Å². The third-order valence-corrected chi connectivity index (χ3v) is 4.01. The number of hydrogen-bond acceptors (Lipinski definition) is 5. The van der Waals surface area contributed by atoms with E-state index in [4.69, 9.17) is 38.5 Å². The van der Waals surface area contributed by atoms with Crippen LogP contribution in [-0.2, 0) is 4.84 Å². The van der Waals surface area contributed by atoms with Gasteiger partial charge in [0.2, 0.25) is 0 Å². The van der Waals surface area contributed by atoms with Gasteiger partial charge in [0, 0.05) is 5.56 Å². The SMILES string of the molecule is C=CCCONC(=O)c1nc(-c2ccc(Cl)c(OC)c2F)cc(N)c1Cl. The molecule has 0 atom stereocenters. The van der Waals surface area contributed by atoms with Gasteiger partial charge in [-0.1, -0.05) is 29.3 Å². The molecule has 1 aromatic carbocycles. The van der Waals surface area contributed by atoms with Crippen molar-refractivity contribution in [2.75, 3.05) is 19.5 Å². The number of carbonyl (C=O) groups is 1. The summed E-state index contributed by atoms with van der Waals surface area (Å²) in [6.07, 6.45) is 2.17. The van der Waals surface area contributed by atoms with Crippen molar-refractivity contribution in [3.05, 3.63) is 52.4 Å². The molecule has 3 N–H and O–H groups in total. The molecule has 1 amide bonds. The number of aromatic nitrogens is 1. The van der Waals surface area contributed by atoms with Gasteiger partial charge < -0.3 is 10.5 Å². The Morgan fingerprint density at radius 1 is 1.46 bits per heavy atom. The molecular formula is C17H16Cl2FN3O3. The molecule has 6 nitrogen and oxygen atoms in total. The van der Waals surface area contributed by atoms with Crippen LogP contribution in [0, 0.1) is 5.82 Å². The highest BCUT2D eigenvalue weighted by atomic mass is 35.5. The molecule has 1 aromatic heterocycles. The number of halogens is 3. The van der Waals surface area contributed by atoms with Crippen molar-refractivity contribution in [1.29, 1.82) is 0 Å². The third kappa shape index (κ3) is 4.24. The lowest BCUT2D eigenvalue weighted by Crippen LogP contribution is -2.26. The zero-order valence-corrected chi connectivity index (χ0v) is 15.3. The maximum absolute atomic E-state index is 14.6. The molecule has 0 saturated carbocycles. The molecule has 0 radical (unpaired) electrons. The van der Waals surface area contributed by atoms with Crippen LogP contribution < -0.4 is 16.0 Å². The van der Waals surface area contributed by atoms with Crippen LogP contribution in [0.25, 0.3) is 11.3 Å². The minimum atomic E-state index is -0.734. The Morgan fingerprint density at radius 3 is 2.85 bits per heavy atom. The van der Waals surface area contributed by atoms with Crippen LogP contribution in [0.1, 0.15) is 16.9 Å². The fourth-order valence-electron chi connectivity index (χ4n) is 2.06. The molecule has 0 aliphatic rings. The maximum atomic E-state index is 14.6. The summed E-state index contributed by atoms with van der Waals surface area (Å²) in [5, 5.41) is 0.0316. The van der Waals surface area contributed by atoms with Crippen LogP contribution in [0.15, 0.2) is 30.9 Å². The summed E-state index contributed by atoms with van der Waals surface area (Å²) in [5.41, 5.74) is 8.04. The van der Waals surface area contributed by atoms with Gasteiger partial charge in [-0.2, -0.15) is 0 Å². The van der Waals surface area contributed by atoms with Gasteiger partial charge in [-0.3, -0.25) is 9.63 Å². The quantitative estimate of drug-likeness (QED) is 0.417. The van der Waals surface area contributed by atoms with E-state index in [1.54, 1.807) is 6.08 Å². The Morgan fingerprint density at radius 2 is 2.19 bits per heavy atom. The van der Waals surface area contributed by atoms with Crippen molar-refractivity contribution in [2.45, 2.75) is 6.42 Å². The van der Waals surface area contributed by atoms with Crippen molar-refractivity contribution in [2.24, 2.45) is 0 Å². The topological polar surface area (TPSA) is 86.5 Å². The molecule has 0 fully saturated rings. The number of nitrogens with two attached hydrogens (primary N) is 1. The summed E-state index contributed by atoms with van der Waals surface area (Å²) in [5.74, 6) is -1.59.